The molecular formula is C12H14CoN10O2+2. The van der Waals surface area contributed by atoms with E-state index in [-0.39, 0.29) is 27.7 Å². The monoisotopic (exact) mass is 389 g/mol. The Kier molecular flexibility index (Phi) is 9.98. The van der Waals surface area contributed by atoms with Gasteiger partial charge < -0.3 is 21.1 Å². The molecule has 4 aromatic rings. The number of hydrogen-bond acceptors (Lipinski definition) is 8. The maximum atomic E-state index is 4.02. The smallest absolute Gasteiger partial charge is 0.457 e. The Bertz CT molecular complexity index is 714. The third kappa shape index (κ3) is 6.11. The first-order valence-electron chi connectivity index (χ1n) is 6.14. The molecule has 4 heterocycles. The number of nitrogens with zero attached hydrogens (tertiary/aromatic N) is 10. The van der Waals surface area contributed by atoms with E-state index in [1.54, 1.807) is 24.5 Å². The van der Waals surface area contributed by atoms with E-state index in [4.69, 9.17) is 0 Å². The minimum Gasteiger partial charge on any atom is -0.457 e. The molecule has 13 heteroatoms. The van der Waals surface area contributed by atoms with Gasteiger partial charge in [0.2, 0.25) is 0 Å². The molecule has 0 unspecified atom stereocenters. The fourth-order valence-electron chi connectivity index (χ4n) is 1.48. The largest absolute Gasteiger partial charge is 2.00 e. The zero-order valence-corrected chi connectivity index (χ0v) is 13.6. The van der Waals surface area contributed by atoms with E-state index >= 15 is 0 Å². The van der Waals surface area contributed by atoms with Gasteiger partial charge in [-0.05, 0) is 24.3 Å². The summed E-state index contributed by atoms with van der Waals surface area (Å²) in [6.07, 6.45) is 3.34. The summed E-state index contributed by atoms with van der Waals surface area (Å²) in [5.74, 6) is 0.927. The van der Waals surface area contributed by atoms with E-state index in [2.05, 4.69) is 51.2 Å². The van der Waals surface area contributed by atoms with Gasteiger partial charge in [-0.1, -0.05) is 12.1 Å². The van der Waals surface area contributed by atoms with Crippen molar-refractivity contribution in [1.82, 2.24) is 51.2 Å². The first-order valence-corrected chi connectivity index (χ1v) is 6.14. The van der Waals surface area contributed by atoms with Gasteiger partial charge in [0.25, 0.3) is 0 Å². The Labute approximate surface area is 151 Å². The zero-order valence-electron chi connectivity index (χ0n) is 12.6. The number of aromatic nitrogens is 10. The van der Waals surface area contributed by atoms with Crippen LogP contribution in [0.5, 0.6) is 0 Å². The second kappa shape index (κ2) is 11.4. The molecule has 4 aromatic heterocycles. The maximum absolute atomic E-state index is 4.02. The summed E-state index contributed by atoms with van der Waals surface area (Å²) >= 11 is 0. The predicted molar refractivity (Wildman–Crippen MR) is 82.5 cm³/mol. The van der Waals surface area contributed by atoms with Gasteiger partial charge in [-0.2, -0.15) is 10.4 Å². The first-order chi connectivity index (χ1) is 10.9. The van der Waals surface area contributed by atoms with E-state index in [0.29, 0.717) is 23.0 Å². The molecule has 0 bridgehead atoms. The molecule has 0 amide bonds. The minimum atomic E-state index is 0. The maximum Gasteiger partial charge on any atom is 2.00 e. The van der Waals surface area contributed by atoms with Gasteiger partial charge >= 0.3 is 16.8 Å². The van der Waals surface area contributed by atoms with E-state index in [9.17, 15) is 0 Å². The molecule has 0 aliphatic rings. The standard InChI is InChI=1S/2C6H4N5.Co.2H2O/c2*1-2-4-7-5(3-1)6-8-10-11-9-6;;;/h2*1-4H;;2*1H2/q2*-1;+2;;/p+2. The van der Waals surface area contributed by atoms with Crippen LogP contribution in [0.15, 0.2) is 48.8 Å². The van der Waals surface area contributed by atoms with Gasteiger partial charge in [-0.3, -0.25) is 30.6 Å². The Morgan fingerprint density at radius 1 is 0.640 bits per heavy atom. The number of hydrogen-bond donors (Lipinski definition) is 0. The van der Waals surface area contributed by atoms with E-state index in [1.165, 1.54) is 0 Å². The van der Waals surface area contributed by atoms with Crippen LogP contribution in [-0.4, -0.2) is 41.0 Å². The molecule has 131 valence electrons. The molecule has 0 atom stereocenters. The minimum absolute atomic E-state index is 0. The summed E-state index contributed by atoms with van der Waals surface area (Å²) in [5, 5.41) is 28.0. The first kappa shape index (κ1) is 21.9. The molecule has 0 aliphatic heterocycles. The number of tetrazole rings is 2. The van der Waals surface area contributed by atoms with Gasteiger partial charge in [0.05, 0.1) is 23.0 Å². The van der Waals surface area contributed by atoms with Gasteiger partial charge in [0, 0.05) is 12.4 Å². The summed E-state index contributed by atoms with van der Waals surface area (Å²) in [7, 11) is 0. The van der Waals surface area contributed by atoms with Gasteiger partial charge in [-0.25, -0.2) is 0 Å². The second-order valence-electron chi connectivity index (χ2n) is 3.83. The summed E-state index contributed by atoms with van der Waals surface area (Å²) < 4.78 is 0. The van der Waals surface area contributed by atoms with Crippen molar-refractivity contribution in [3.05, 3.63) is 48.8 Å². The van der Waals surface area contributed by atoms with Crippen molar-refractivity contribution in [3.63, 3.8) is 0 Å². The molecule has 0 spiro atoms. The zero-order chi connectivity index (χ0) is 15.0. The topological polar surface area (TPSA) is 197 Å². The fourth-order valence-corrected chi connectivity index (χ4v) is 1.48. The summed E-state index contributed by atoms with van der Waals surface area (Å²) in [5.41, 5.74) is 1.38. The van der Waals surface area contributed by atoms with Crippen molar-refractivity contribution in [1.29, 1.82) is 0 Å². The molecule has 0 aromatic carbocycles. The van der Waals surface area contributed by atoms with Crippen LogP contribution in [0.1, 0.15) is 0 Å². The number of rotatable bonds is 2. The van der Waals surface area contributed by atoms with Crippen LogP contribution in [0.2, 0.25) is 0 Å². The molecule has 0 saturated carbocycles. The van der Waals surface area contributed by atoms with Gasteiger partial charge in [0.15, 0.2) is 0 Å². The predicted octanol–water partition coefficient (Wildman–Crippen LogP) is -2.06. The quantitative estimate of drug-likeness (QED) is 0.343. The van der Waals surface area contributed by atoms with Gasteiger partial charge in [0.1, 0.15) is 0 Å². The van der Waals surface area contributed by atoms with Crippen LogP contribution in [0.4, 0.5) is 0 Å². The molecule has 12 nitrogen and oxygen atoms in total. The summed E-state index contributed by atoms with van der Waals surface area (Å²) in [4.78, 5) is 8.03. The molecule has 4 rings (SSSR count). The molecule has 1 radical (unpaired) electrons. The second-order valence-corrected chi connectivity index (χ2v) is 3.83. The van der Waals surface area contributed by atoms with Crippen LogP contribution >= 0.6 is 0 Å². The molecule has 0 saturated heterocycles. The van der Waals surface area contributed by atoms with Crippen molar-refractivity contribution in [2.75, 3.05) is 0 Å². The van der Waals surface area contributed by atoms with Crippen molar-refractivity contribution < 1.29 is 27.7 Å². The van der Waals surface area contributed by atoms with E-state index < -0.39 is 0 Å². The molecule has 0 fully saturated rings. The van der Waals surface area contributed by atoms with Crippen molar-refractivity contribution >= 4 is 0 Å². The Morgan fingerprint density at radius 3 is 1.36 bits per heavy atom. The molecule has 25 heavy (non-hydrogen) atoms. The molecule has 6 N–H and O–H groups in total. The molecule has 0 aliphatic carbocycles. The Balaban J connectivity index is 0.000000411. The normalized spacial score (nSPS) is 8.64. The van der Waals surface area contributed by atoms with Crippen molar-refractivity contribution in [2.24, 2.45) is 0 Å². The fraction of sp³-hybridized carbons (Fsp3) is 0. The van der Waals surface area contributed by atoms with E-state index in [1.807, 2.05) is 24.3 Å². The average molecular weight is 389 g/mol. The summed E-state index contributed by atoms with van der Waals surface area (Å²) in [6.45, 7) is 0. The number of pyridine rings is 2. The third-order valence-corrected chi connectivity index (χ3v) is 2.43. The Hall–Kier alpha value is -3.13. The third-order valence-electron chi connectivity index (χ3n) is 2.43. The SMILES string of the molecule is [Co+2].[OH3+].[OH3+].c1ccc(-c2nnn[n-]2)nc1.c1ccc(-c2nnn[n-]2)nc1. The van der Waals surface area contributed by atoms with E-state index in [0.717, 1.165) is 0 Å². The van der Waals surface area contributed by atoms with Crippen LogP contribution in [0, 0.1) is 0 Å². The van der Waals surface area contributed by atoms with Crippen LogP contribution < -0.4 is 10.2 Å². The molecular weight excluding hydrogens is 375 g/mol. The van der Waals surface area contributed by atoms with Crippen LogP contribution in [0.3, 0.4) is 0 Å². The van der Waals surface area contributed by atoms with Crippen molar-refractivity contribution in [3.8, 4) is 23.0 Å². The van der Waals surface area contributed by atoms with Crippen molar-refractivity contribution in [2.45, 2.75) is 0 Å². The van der Waals surface area contributed by atoms with Crippen LogP contribution in [-0.2, 0) is 27.7 Å². The summed E-state index contributed by atoms with van der Waals surface area (Å²) in [6, 6.07) is 11.0. The van der Waals surface area contributed by atoms with Gasteiger partial charge in [-0.15, -0.1) is 0 Å². The average Bonchev–Trinajstić information content (AvgIpc) is 3.31. The van der Waals surface area contributed by atoms with Crippen LogP contribution in [0.25, 0.3) is 23.0 Å². The Morgan fingerprint density at radius 2 is 1.08 bits per heavy atom.